The van der Waals surface area contributed by atoms with E-state index in [1.54, 1.807) is 24.3 Å². The number of hydrogen-bond acceptors (Lipinski definition) is 6. The average Bonchev–Trinajstić information content (AvgIpc) is 3.28. The van der Waals surface area contributed by atoms with Crippen molar-refractivity contribution in [3.8, 4) is 23.0 Å². The van der Waals surface area contributed by atoms with E-state index in [-0.39, 0.29) is 41.5 Å². The number of rotatable bonds is 0. The molecule has 2 aromatic rings. The minimum absolute atomic E-state index is 0.0575. The first kappa shape index (κ1) is 14.4. The molecule has 2 bridgehead atoms. The largest absolute Gasteiger partial charge is 0.508 e. The Balaban J connectivity index is 1.66. The maximum absolute atomic E-state index is 12.8. The van der Waals surface area contributed by atoms with Gasteiger partial charge in [-0.15, -0.1) is 0 Å². The van der Waals surface area contributed by atoms with E-state index in [9.17, 15) is 15.0 Å². The average molecular weight is 352 g/mol. The number of carbonyl (C=O) groups excluding carboxylic acids is 1. The van der Waals surface area contributed by atoms with Crippen LogP contribution in [0.2, 0.25) is 0 Å². The zero-order valence-electron chi connectivity index (χ0n) is 13.7. The standard InChI is InChI=1S/C20H16O6/c21-9-1-3-11-15(7-9)25-16-8-10(22)2-4-12(16)20(11)18-14-6-5-13(24-14)17(18)19(23)26-20/h1-4,7-8,13-14,17-18,21-22H,5-6H2. The van der Waals surface area contributed by atoms with Crippen molar-refractivity contribution in [1.29, 1.82) is 0 Å². The van der Waals surface area contributed by atoms with Gasteiger partial charge in [-0.3, -0.25) is 4.79 Å². The van der Waals surface area contributed by atoms with Gasteiger partial charge in [0.2, 0.25) is 0 Å². The van der Waals surface area contributed by atoms with Gasteiger partial charge >= 0.3 is 5.97 Å². The van der Waals surface area contributed by atoms with Gasteiger partial charge in [-0.25, -0.2) is 0 Å². The lowest BCUT2D eigenvalue weighted by Gasteiger charge is -2.41. The molecule has 0 amide bonds. The summed E-state index contributed by atoms with van der Waals surface area (Å²) in [7, 11) is 0. The summed E-state index contributed by atoms with van der Waals surface area (Å²) in [5, 5.41) is 19.8. The van der Waals surface area contributed by atoms with Crippen LogP contribution in [-0.2, 0) is 19.9 Å². The molecule has 4 aliphatic rings. The highest BCUT2D eigenvalue weighted by atomic mass is 16.6. The summed E-state index contributed by atoms with van der Waals surface area (Å²) in [6.07, 6.45) is 1.61. The molecular formula is C20H16O6. The van der Waals surface area contributed by atoms with E-state index in [4.69, 9.17) is 14.2 Å². The van der Waals surface area contributed by atoms with Gasteiger partial charge in [-0.05, 0) is 37.1 Å². The second kappa shape index (κ2) is 4.51. The Morgan fingerprint density at radius 1 is 0.923 bits per heavy atom. The van der Waals surface area contributed by atoms with Crippen molar-refractivity contribution in [2.45, 2.75) is 30.7 Å². The van der Waals surface area contributed by atoms with Crippen LogP contribution >= 0.6 is 0 Å². The van der Waals surface area contributed by atoms with E-state index < -0.39 is 5.60 Å². The fourth-order valence-electron chi connectivity index (χ4n) is 5.33. The number of aromatic hydroxyl groups is 2. The number of phenols is 2. The first-order valence-corrected chi connectivity index (χ1v) is 8.81. The summed E-state index contributed by atoms with van der Waals surface area (Å²) in [5.74, 6) is 0.292. The highest BCUT2D eigenvalue weighted by Gasteiger charge is 2.70. The minimum atomic E-state index is -1.02. The predicted molar refractivity (Wildman–Crippen MR) is 88.0 cm³/mol. The number of ether oxygens (including phenoxy) is 3. The molecule has 0 radical (unpaired) electrons. The number of phenolic OH excluding ortho intramolecular Hbond substituents is 2. The van der Waals surface area contributed by atoms with Crippen molar-refractivity contribution in [3.05, 3.63) is 47.5 Å². The summed E-state index contributed by atoms with van der Waals surface area (Å²) < 4.78 is 18.1. The maximum Gasteiger partial charge on any atom is 0.313 e. The van der Waals surface area contributed by atoms with Gasteiger partial charge in [0, 0.05) is 29.2 Å². The molecule has 132 valence electrons. The predicted octanol–water partition coefficient (Wildman–Crippen LogP) is 2.80. The Morgan fingerprint density at radius 3 is 2.19 bits per heavy atom. The van der Waals surface area contributed by atoms with Crippen LogP contribution in [0.25, 0.3) is 0 Å². The van der Waals surface area contributed by atoms with E-state index >= 15 is 0 Å². The fourth-order valence-corrected chi connectivity index (χ4v) is 5.33. The van der Waals surface area contributed by atoms with Crippen molar-refractivity contribution >= 4 is 5.97 Å². The van der Waals surface area contributed by atoms with Crippen molar-refractivity contribution < 1.29 is 29.2 Å². The van der Waals surface area contributed by atoms with Crippen LogP contribution in [0.3, 0.4) is 0 Å². The first-order valence-electron chi connectivity index (χ1n) is 8.81. The zero-order chi connectivity index (χ0) is 17.6. The minimum Gasteiger partial charge on any atom is -0.508 e. The van der Waals surface area contributed by atoms with Crippen molar-refractivity contribution in [1.82, 2.24) is 0 Å². The molecule has 26 heavy (non-hydrogen) atoms. The van der Waals surface area contributed by atoms with Crippen LogP contribution < -0.4 is 4.74 Å². The summed E-state index contributed by atoms with van der Waals surface area (Å²) >= 11 is 0. The number of esters is 1. The Kier molecular flexibility index (Phi) is 2.50. The quantitative estimate of drug-likeness (QED) is 0.709. The Morgan fingerprint density at radius 2 is 1.54 bits per heavy atom. The molecular weight excluding hydrogens is 336 g/mol. The summed E-state index contributed by atoms with van der Waals surface area (Å²) in [6, 6.07) is 9.68. The van der Waals surface area contributed by atoms with Gasteiger partial charge < -0.3 is 24.4 Å². The molecule has 4 heterocycles. The molecule has 1 spiro atoms. The van der Waals surface area contributed by atoms with Crippen molar-refractivity contribution in [2.75, 3.05) is 0 Å². The summed E-state index contributed by atoms with van der Waals surface area (Å²) in [4.78, 5) is 12.8. The third-order valence-corrected chi connectivity index (χ3v) is 6.23. The topological polar surface area (TPSA) is 85.2 Å². The molecule has 0 aliphatic carbocycles. The van der Waals surface area contributed by atoms with E-state index in [1.165, 1.54) is 12.1 Å². The van der Waals surface area contributed by atoms with Crippen LogP contribution in [0.4, 0.5) is 0 Å². The molecule has 4 atom stereocenters. The number of benzene rings is 2. The normalized spacial score (nSPS) is 31.9. The number of fused-ring (bicyclic) bond motifs is 10. The molecule has 0 saturated carbocycles. The molecule has 4 unspecified atom stereocenters. The van der Waals surface area contributed by atoms with Gasteiger partial charge in [0.05, 0.1) is 18.1 Å². The molecule has 3 fully saturated rings. The van der Waals surface area contributed by atoms with Crippen molar-refractivity contribution in [3.63, 3.8) is 0 Å². The second-order valence-corrected chi connectivity index (χ2v) is 7.46. The second-order valence-electron chi connectivity index (χ2n) is 7.46. The van der Waals surface area contributed by atoms with Gasteiger partial charge in [-0.1, -0.05) is 0 Å². The lowest BCUT2D eigenvalue weighted by Crippen LogP contribution is -2.42. The van der Waals surface area contributed by atoms with E-state index in [0.29, 0.717) is 22.6 Å². The molecule has 6 rings (SSSR count). The molecule has 6 nitrogen and oxygen atoms in total. The SMILES string of the molecule is O=C1OC2(c3ccc(O)cc3Oc3cc(O)ccc32)C2C3CCC(O3)C12. The lowest BCUT2D eigenvalue weighted by atomic mass is 9.66. The summed E-state index contributed by atoms with van der Waals surface area (Å²) in [6.45, 7) is 0. The highest BCUT2D eigenvalue weighted by Crippen LogP contribution is 2.64. The Labute approximate surface area is 148 Å². The van der Waals surface area contributed by atoms with Gasteiger partial charge in [0.1, 0.15) is 23.0 Å². The molecule has 6 heteroatoms. The molecule has 4 aliphatic heterocycles. The molecule has 2 N–H and O–H groups in total. The smallest absolute Gasteiger partial charge is 0.313 e. The van der Waals surface area contributed by atoms with Gasteiger partial charge in [-0.2, -0.15) is 0 Å². The van der Waals surface area contributed by atoms with Crippen LogP contribution in [0.1, 0.15) is 24.0 Å². The summed E-state index contributed by atoms with van der Waals surface area (Å²) in [5.41, 5.74) is 0.405. The van der Waals surface area contributed by atoms with Crippen LogP contribution in [-0.4, -0.2) is 28.4 Å². The number of carbonyl (C=O) groups is 1. The van der Waals surface area contributed by atoms with Crippen LogP contribution in [0.5, 0.6) is 23.0 Å². The zero-order valence-corrected chi connectivity index (χ0v) is 13.7. The monoisotopic (exact) mass is 352 g/mol. The van der Waals surface area contributed by atoms with E-state index in [0.717, 1.165) is 12.8 Å². The highest BCUT2D eigenvalue weighted by molar-refractivity contribution is 5.81. The molecule has 0 aromatic heterocycles. The Hall–Kier alpha value is -2.73. The fraction of sp³-hybridized carbons (Fsp3) is 0.350. The van der Waals surface area contributed by atoms with E-state index in [1.807, 2.05) is 0 Å². The Bertz CT molecular complexity index is 915. The third kappa shape index (κ3) is 1.54. The lowest BCUT2D eigenvalue weighted by molar-refractivity contribution is -0.153. The van der Waals surface area contributed by atoms with E-state index in [2.05, 4.69) is 0 Å². The third-order valence-electron chi connectivity index (χ3n) is 6.23. The van der Waals surface area contributed by atoms with Gasteiger partial charge in [0.15, 0.2) is 5.60 Å². The number of hydrogen-bond donors (Lipinski definition) is 2. The maximum atomic E-state index is 12.8. The molecule has 2 aromatic carbocycles. The van der Waals surface area contributed by atoms with Crippen LogP contribution in [0, 0.1) is 11.8 Å². The molecule has 3 saturated heterocycles. The van der Waals surface area contributed by atoms with Gasteiger partial charge in [0.25, 0.3) is 0 Å². The van der Waals surface area contributed by atoms with Crippen molar-refractivity contribution in [2.24, 2.45) is 11.8 Å². The first-order chi connectivity index (χ1) is 12.6. The van der Waals surface area contributed by atoms with Crippen LogP contribution in [0.15, 0.2) is 36.4 Å².